The van der Waals surface area contributed by atoms with E-state index in [1.54, 1.807) is 24.3 Å². The van der Waals surface area contributed by atoms with Crippen LogP contribution in [0.15, 0.2) is 63.7 Å². The van der Waals surface area contributed by atoms with Gasteiger partial charge in [0.25, 0.3) is 0 Å². The van der Waals surface area contributed by atoms with Gasteiger partial charge >= 0.3 is 0 Å². The number of piperidine rings is 1. The molecule has 0 spiro atoms. The Labute approximate surface area is 229 Å². The summed E-state index contributed by atoms with van der Waals surface area (Å²) in [7, 11) is 2.12. The molecule has 0 aromatic carbocycles. The summed E-state index contributed by atoms with van der Waals surface area (Å²) in [6.07, 6.45) is 12.7. The zero-order valence-corrected chi connectivity index (χ0v) is 23.0. The van der Waals surface area contributed by atoms with Gasteiger partial charge in [0.05, 0.1) is 10.7 Å². The Hall–Kier alpha value is -1.68. The third kappa shape index (κ3) is 5.49. The van der Waals surface area contributed by atoms with Crippen LogP contribution in [0, 0.1) is 23.7 Å². The molecular formula is C29H38ClF2N5O. The maximum absolute atomic E-state index is 14.2. The first-order valence-electron chi connectivity index (χ1n) is 13.9. The average Bonchev–Trinajstić information content (AvgIpc) is 3.55. The summed E-state index contributed by atoms with van der Waals surface area (Å²) in [5.74, 6) is 0.333. The summed E-state index contributed by atoms with van der Waals surface area (Å²) >= 11 is 5.96. The van der Waals surface area contributed by atoms with Crippen LogP contribution in [-0.2, 0) is 4.74 Å². The first-order chi connectivity index (χ1) is 18.2. The van der Waals surface area contributed by atoms with Crippen molar-refractivity contribution in [3.63, 3.8) is 0 Å². The molecule has 6 nitrogen and oxygen atoms in total. The number of fused-ring (bicyclic) bond motifs is 1. The molecule has 0 aromatic rings. The third-order valence-corrected chi connectivity index (χ3v) is 9.26. The molecule has 4 heterocycles. The van der Waals surface area contributed by atoms with Crippen LogP contribution in [0.1, 0.15) is 26.7 Å². The van der Waals surface area contributed by atoms with Crippen LogP contribution in [0.4, 0.5) is 8.78 Å². The van der Waals surface area contributed by atoms with E-state index < -0.39 is 0 Å². The number of likely N-dealkylation sites (tertiary alicyclic amines) is 2. The zero-order chi connectivity index (χ0) is 26.6. The van der Waals surface area contributed by atoms with Gasteiger partial charge < -0.3 is 9.64 Å². The van der Waals surface area contributed by atoms with E-state index in [9.17, 15) is 8.78 Å². The molecule has 2 aliphatic carbocycles. The monoisotopic (exact) mass is 545 g/mol. The fraction of sp³-hybridized carbons (Fsp3) is 0.621. The largest absolute Gasteiger partial charge is 0.337 e. The van der Waals surface area contributed by atoms with Crippen molar-refractivity contribution >= 4 is 17.3 Å². The maximum Gasteiger partial charge on any atom is 0.153 e. The minimum atomic E-state index is -0.304. The molecule has 2 N–H and O–H groups in total. The van der Waals surface area contributed by atoms with Crippen molar-refractivity contribution < 1.29 is 13.5 Å². The van der Waals surface area contributed by atoms with Crippen LogP contribution < -0.4 is 10.6 Å². The van der Waals surface area contributed by atoms with Crippen molar-refractivity contribution in [2.24, 2.45) is 28.7 Å². The minimum absolute atomic E-state index is 0.0250. The number of epoxide rings is 1. The van der Waals surface area contributed by atoms with Crippen molar-refractivity contribution in [1.29, 1.82) is 0 Å². The second-order valence-corrected chi connectivity index (χ2v) is 12.2. The molecule has 0 aromatic heterocycles. The highest BCUT2D eigenvalue weighted by molar-refractivity contribution is 6.31. The fourth-order valence-electron chi connectivity index (χ4n) is 6.70. The highest BCUT2D eigenvalue weighted by Gasteiger charge is 2.49. The van der Waals surface area contributed by atoms with Gasteiger partial charge in [-0.15, -0.1) is 0 Å². The van der Waals surface area contributed by atoms with Gasteiger partial charge in [0, 0.05) is 44.2 Å². The number of nitrogens with zero attached hydrogens (tertiary/aromatic N) is 3. The Balaban J connectivity index is 1.06. The highest BCUT2D eigenvalue weighted by Crippen LogP contribution is 2.37. The molecular weight excluding hydrogens is 508 g/mol. The van der Waals surface area contributed by atoms with Gasteiger partial charge in [-0.2, -0.15) is 0 Å². The van der Waals surface area contributed by atoms with Gasteiger partial charge in [0.15, 0.2) is 12.5 Å². The lowest BCUT2D eigenvalue weighted by molar-refractivity contribution is 0.190. The van der Waals surface area contributed by atoms with E-state index >= 15 is 0 Å². The molecule has 0 bridgehead atoms. The molecule has 38 heavy (non-hydrogen) atoms. The SMILES string of the molecule is CC1C=C(F)C=CC1NC1N=C2CN(C3OC3NC3CN(C)CC3C3C=C(F)C(Cl)=CC3)CCC2=CC1C. The number of ether oxygens (including phenoxy) is 1. The van der Waals surface area contributed by atoms with Crippen LogP contribution in [-0.4, -0.2) is 79.4 Å². The van der Waals surface area contributed by atoms with Gasteiger partial charge in [0.1, 0.15) is 17.8 Å². The summed E-state index contributed by atoms with van der Waals surface area (Å²) in [6, 6.07) is 0.304. The number of allylic oxidation sites excluding steroid dienone is 6. The van der Waals surface area contributed by atoms with Gasteiger partial charge in [0.2, 0.25) is 0 Å². The predicted octanol–water partition coefficient (Wildman–Crippen LogP) is 4.25. The summed E-state index contributed by atoms with van der Waals surface area (Å²) < 4.78 is 33.9. The zero-order valence-electron chi connectivity index (χ0n) is 22.3. The number of halogens is 3. The number of aliphatic imine (C=N–C) groups is 1. The molecule has 3 saturated heterocycles. The molecule has 0 amide bonds. The number of rotatable bonds is 6. The maximum atomic E-state index is 14.2. The first kappa shape index (κ1) is 26.5. The van der Waals surface area contributed by atoms with Crippen molar-refractivity contribution in [1.82, 2.24) is 20.4 Å². The summed E-state index contributed by atoms with van der Waals surface area (Å²) in [4.78, 5) is 9.80. The van der Waals surface area contributed by atoms with Crippen LogP contribution in [0.2, 0.25) is 0 Å². The Morgan fingerprint density at radius 1 is 1.11 bits per heavy atom. The molecule has 9 heteroatoms. The number of dihydropyridines is 1. The quantitative estimate of drug-likeness (QED) is 0.489. The summed E-state index contributed by atoms with van der Waals surface area (Å²) in [6.45, 7) is 7.77. The standard InChI is InChI=1S/C29H38ClF2N5O/c1-16-11-20(31)5-7-24(16)33-27-17(2)10-19-8-9-37(15-25(19)34-27)29-28(38-29)35-26-14-36(3)13-21(26)18-4-6-22(30)23(32)12-18/h5-7,10-12,16-18,21,24,26-29,33,35H,4,8-9,13-15H2,1-3H3. The smallest absolute Gasteiger partial charge is 0.153 e. The number of hydrogen-bond donors (Lipinski definition) is 2. The normalized spacial score (nSPS) is 41.6. The first-order valence-corrected chi connectivity index (χ1v) is 14.3. The Morgan fingerprint density at radius 3 is 2.74 bits per heavy atom. The van der Waals surface area contributed by atoms with Gasteiger partial charge in [-0.25, -0.2) is 8.78 Å². The number of hydrogen-bond acceptors (Lipinski definition) is 6. The fourth-order valence-corrected chi connectivity index (χ4v) is 6.85. The van der Waals surface area contributed by atoms with Crippen molar-refractivity contribution in [3.05, 3.63) is 58.7 Å². The van der Waals surface area contributed by atoms with E-state index in [0.717, 1.165) is 44.7 Å². The number of likely N-dealkylation sites (N-methyl/N-ethyl adjacent to an activating group) is 1. The lowest BCUT2D eigenvalue weighted by Gasteiger charge is -2.36. The van der Waals surface area contributed by atoms with Gasteiger partial charge in [-0.3, -0.25) is 20.5 Å². The van der Waals surface area contributed by atoms with E-state index in [4.69, 9.17) is 21.3 Å². The molecule has 0 radical (unpaired) electrons. The molecule has 0 saturated carbocycles. The number of nitrogens with one attached hydrogen (secondary N) is 2. The highest BCUT2D eigenvalue weighted by atomic mass is 35.5. The van der Waals surface area contributed by atoms with Crippen molar-refractivity contribution in [2.75, 3.05) is 33.2 Å². The van der Waals surface area contributed by atoms with E-state index in [1.807, 2.05) is 13.0 Å². The molecule has 3 fully saturated rings. The lowest BCUT2D eigenvalue weighted by Crippen LogP contribution is -2.49. The lowest BCUT2D eigenvalue weighted by atomic mass is 9.83. The Bertz CT molecular complexity index is 1130. The molecule has 206 valence electrons. The van der Waals surface area contributed by atoms with Crippen LogP contribution >= 0.6 is 11.6 Å². The molecule has 9 atom stereocenters. The molecule has 9 unspecified atom stereocenters. The van der Waals surface area contributed by atoms with Crippen LogP contribution in [0.3, 0.4) is 0 Å². The van der Waals surface area contributed by atoms with E-state index in [-0.39, 0.29) is 65.1 Å². The van der Waals surface area contributed by atoms with Crippen LogP contribution in [0.25, 0.3) is 0 Å². The molecule has 6 rings (SSSR count). The Morgan fingerprint density at radius 2 is 1.95 bits per heavy atom. The van der Waals surface area contributed by atoms with E-state index in [0.29, 0.717) is 5.92 Å². The molecule has 4 aliphatic heterocycles. The molecule has 6 aliphatic rings. The predicted molar refractivity (Wildman–Crippen MR) is 147 cm³/mol. The topological polar surface area (TPSA) is 55.4 Å². The second kappa shape index (κ2) is 10.7. The van der Waals surface area contributed by atoms with Crippen molar-refractivity contribution in [3.8, 4) is 0 Å². The minimum Gasteiger partial charge on any atom is -0.337 e. The van der Waals surface area contributed by atoms with Crippen LogP contribution in [0.5, 0.6) is 0 Å². The third-order valence-electron chi connectivity index (χ3n) is 8.93. The van der Waals surface area contributed by atoms with E-state index in [2.05, 4.69) is 40.5 Å². The van der Waals surface area contributed by atoms with Crippen molar-refractivity contribution in [2.45, 2.75) is 57.4 Å². The second-order valence-electron chi connectivity index (χ2n) is 11.8. The average molecular weight is 546 g/mol. The Kier molecular flexibility index (Phi) is 7.48. The van der Waals surface area contributed by atoms with E-state index in [1.165, 1.54) is 5.57 Å². The summed E-state index contributed by atoms with van der Waals surface area (Å²) in [5.41, 5.74) is 2.46. The van der Waals surface area contributed by atoms with Gasteiger partial charge in [-0.05, 0) is 61.4 Å². The van der Waals surface area contributed by atoms with Gasteiger partial charge in [-0.1, -0.05) is 43.7 Å². The summed E-state index contributed by atoms with van der Waals surface area (Å²) in [5, 5.41) is 7.60.